The number of halogens is 1. The van der Waals surface area contributed by atoms with Crippen LogP contribution in [-0.4, -0.2) is 44.5 Å². The maximum Gasteiger partial charge on any atom is 0.303 e. The SMILES string of the molecule is Cc1cccc(C[NH+]2CC[NH+](CN3C(=O)C(=O)c4cc(Cl)ccc43)CC2)c1. The van der Waals surface area contributed by atoms with Gasteiger partial charge in [-0.2, -0.15) is 0 Å². The number of rotatable bonds is 4. The number of Topliss-reactive ketones (excluding diaryl/α,β-unsaturated/α-hetero) is 1. The smallest absolute Gasteiger partial charge is 0.303 e. The van der Waals surface area contributed by atoms with E-state index in [4.69, 9.17) is 11.6 Å². The third kappa shape index (κ3) is 3.76. The van der Waals surface area contributed by atoms with Crippen molar-refractivity contribution in [3.63, 3.8) is 0 Å². The number of benzene rings is 2. The molecule has 2 aromatic carbocycles. The molecule has 4 rings (SSSR count). The number of amides is 1. The first-order chi connectivity index (χ1) is 13.0. The molecule has 1 fully saturated rings. The van der Waals surface area contributed by atoms with Crippen molar-refractivity contribution < 1.29 is 19.4 Å². The minimum absolute atomic E-state index is 0.426. The van der Waals surface area contributed by atoms with Crippen LogP contribution >= 0.6 is 11.6 Å². The van der Waals surface area contributed by atoms with Gasteiger partial charge in [-0.25, -0.2) is 0 Å². The van der Waals surface area contributed by atoms with E-state index in [1.165, 1.54) is 16.0 Å². The van der Waals surface area contributed by atoms with Crippen LogP contribution in [0.5, 0.6) is 0 Å². The second-order valence-corrected chi connectivity index (χ2v) is 7.98. The van der Waals surface area contributed by atoms with Crippen molar-refractivity contribution >= 4 is 29.0 Å². The molecule has 0 unspecified atom stereocenters. The highest BCUT2D eigenvalue weighted by Crippen LogP contribution is 2.30. The number of quaternary nitrogens is 2. The number of anilines is 1. The number of carbonyl (C=O) groups excluding carboxylic acids is 2. The Kier molecular flexibility index (Phi) is 5.00. The van der Waals surface area contributed by atoms with Crippen molar-refractivity contribution in [1.82, 2.24) is 0 Å². The Labute approximate surface area is 164 Å². The van der Waals surface area contributed by atoms with Crippen LogP contribution in [0.25, 0.3) is 0 Å². The third-order valence-electron chi connectivity index (χ3n) is 5.52. The lowest BCUT2D eigenvalue weighted by Crippen LogP contribution is -3.28. The van der Waals surface area contributed by atoms with E-state index >= 15 is 0 Å². The predicted molar refractivity (Wildman–Crippen MR) is 104 cm³/mol. The Bertz CT molecular complexity index is 891. The Morgan fingerprint density at radius 3 is 2.48 bits per heavy atom. The molecule has 1 saturated heterocycles. The van der Waals surface area contributed by atoms with Gasteiger partial charge in [-0.1, -0.05) is 41.4 Å². The lowest BCUT2D eigenvalue weighted by Gasteiger charge is -2.32. The molecule has 2 heterocycles. The number of carbonyl (C=O) groups is 2. The van der Waals surface area contributed by atoms with Crippen LogP contribution in [-0.2, 0) is 11.3 Å². The fourth-order valence-electron chi connectivity index (χ4n) is 4.06. The number of fused-ring (bicyclic) bond motifs is 1. The molecule has 2 aromatic rings. The normalized spacial score (nSPS) is 22.2. The molecule has 1 amide bonds. The van der Waals surface area contributed by atoms with Crippen molar-refractivity contribution in [1.29, 1.82) is 0 Å². The zero-order chi connectivity index (χ0) is 19.0. The summed E-state index contributed by atoms with van der Waals surface area (Å²) in [4.78, 5) is 29.1. The van der Waals surface area contributed by atoms with E-state index in [9.17, 15) is 9.59 Å². The predicted octanol–water partition coefficient (Wildman–Crippen LogP) is 0.119. The van der Waals surface area contributed by atoms with Gasteiger partial charge in [0, 0.05) is 10.6 Å². The van der Waals surface area contributed by atoms with Crippen LogP contribution in [0.4, 0.5) is 5.69 Å². The number of piperazine rings is 1. The molecule has 0 aliphatic carbocycles. The Morgan fingerprint density at radius 1 is 1.00 bits per heavy atom. The standard InChI is InChI=1S/C21H22ClN3O2/c1-15-3-2-4-16(11-15)13-23-7-9-24(10-8-23)14-25-19-6-5-17(22)12-18(19)20(26)21(25)27/h2-6,11-12H,7-10,13-14H2,1H3/p+2. The lowest BCUT2D eigenvalue weighted by molar-refractivity contribution is -1.02. The van der Waals surface area contributed by atoms with Crippen LogP contribution in [0.2, 0.25) is 5.02 Å². The second-order valence-electron chi connectivity index (χ2n) is 7.55. The zero-order valence-electron chi connectivity index (χ0n) is 15.4. The number of hydrogen-bond acceptors (Lipinski definition) is 2. The molecule has 2 aliphatic rings. The number of aryl methyl sites for hydroxylation is 1. The van der Waals surface area contributed by atoms with Gasteiger partial charge in [0.05, 0.1) is 11.3 Å². The van der Waals surface area contributed by atoms with E-state index in [1.807, 2.05) is 0 Å². The lowest BCUT2D eigenvalue weighted by atomic mass is 10.1. The first kappa shape index (κ1) is 18.2. The molecule has 0 spiro atoms. The van der Waals surface area contributed by atoms with Crippen molar-refractivity contribution in [2.75, 3.05) is 37.7 Å². The minimum Gasteiger partial charge on any atom is -0.322 e. The summed E-state index contributed by atoms with van der Waals surface area (Å²) in [7, 11) is 0. The van der Waals surface area contributed by atoms with Gasteiger partial charge in [-0.05, 0) is 25.1 Å². The zero-order valence-corrected chi connectivity index (χ0v) is 16.2. The maximum absolute atomic E-state index is 12.4. The first-order valence-electron chi connectivity index (χ1n) is 9.39. The summed E-state index contributed by atoms with van der Waals surface area (Å²) >= 11 is 5.98. The summed E-state index contributed by atoms with van der Waals surface area (Å²) < 4.78 is 0. The van der Waals surface area contributed by atoms with Crippen LogP contribution in [0, 0.1) is 6.92 Å². The number of hydrogen-bond donors (Lipinski definition) is 2. The molecular weight excluding hydrogens is 362 g/mol. The monoisotopic (exact) mass is 385 g/mol. The molecule has 5 nitrogen and oxygen atoms in total. The van der Waals surface area contributed by atoms with E-state index < -0.39 is 11.7 Å². The first-order valence-corrected chi connectivity index (χ1v) is 9.77. The van der Waals surface area contributed by atoms with Gasteiger partial charge in [0.2, 0.25) is 0 Å². The van der Waals surface area contributed by atoms with Gasteiger partial charge in [-0.3, -0.25) is 14.5 Å². The van der Waals surface area contributed by atoms with Crippen molar-refractivity contribution in [3.05, 3.63) is 64.2 Å². The fourth-order valence-corrected chi connectivity index (χ4v) is 4.23. The molecule has 140 valence electrons. The van der Waals surface area contributed by atoms with Crippen LogP contribution < -0.4 is 14.7 Å². The topological polar surface area (TPSA) is 46.3 Å². The number of nitrogens with zero attached hydrogens (tertiary/aromatic N) is 1. The summed E-state index contributed by atoms with van der Waals surface area (Å²) in [5.74, 6) is -0.884. The fraction of sp³-hybridized carbons (Fsp3) is 0.333. The van der Waals surface area contributed by atoms with E-state index in [0.717, 1.165) is 32.7 Å². The number of nitrogens with one attached hydrogen (secondary N) is 2. The van der Waals surface area contributed by atoms with Crippen molar-refractivity contribution in [3.8, 4) is 0 Å². The van der Waals surface area contributed by atoms with Crippen LogP contribution in [0.15, 0.2) is 42.5 Å². The summed E-state index contributed by atoms with van der Waals surface area (Å²) in [5.41, 5.74) is 3.79. The second kappa shape index (κ2) is 7.43. The van der Waals surface area contributed by atoms with E-state index in [2.05, 4.69) is 31.2 Å². The summed E-state index contributed by atoms with van der Waals surface area (Å²) in [5, 5.41) is 0.484. The summed E-state index contributed by atoms with van der Waals surface area (Å²) in [6.07, 6.45) is 0. The highest BCUT2D eigenvalue weighted by molar-refractivity contribution is 6.52. The molecule has 2 aliphatic heterocycles. The largest absolute Gasteiger partial charge is 0.322 e. The van der Waals surface area contributed by atoms with Gasteiger partial charge in [0.1, 0.15) is 32.7 Å². The van der Waals surface area contributed by atoms with Gasteiger partial charge < -0.3 is 9.80 Å². The molecule has 0 saturated carbocycles. The van der Waals surface area contributed by atoms with E-state index in [0.29, 0.717) is 22.9 Å². The quantitative estimate of drug-likeness (QED) is 0.734. The Morgan fingerprint density at radius 2 is 1.74 bits per heavy atom. The maximum atomic E-state index is 12.4. The molecule has 6 heteroatoms. The molecule has 2 N–H and O–H groups in total. The van der Waals surface area contributed by atoms with Gasteiger partial charge in [0.25, 0.3) is 5.78 Å². The number of ketones is 1. The van der Waals surface area contributed by atoms with Crippen LogP contribution in [0.1, 0.15) is 21.5 Å². The minimum atomic E-state index is -0.449. The summed E-state index contributed by atoms with van der Waals surface area (Å²) in [6.45, 7) is 7.80. The molecule has 0 aromatic heterocycles. The van der Waals surface area contributed by atoms with Gasteiger partial charge in [0.15, 0.2) is 6.67 Å². The van der Waals surface area contributed by atoms with E-state index in [-0.39, 0.29) is 0 Å². The Hall–Kier alpha value is -2.21. The Balaban J connectivity index is 1.37. The molecule has 0 bridgehead atoms. The molecule has 0 radical (unpaired) electrons. The molecule has 0 atom stereocenters. The van der Waals surface area contributed by atoms with Gasteiger partial charge in [-0.15, -0.1) is 0 Å². The summed E-state index contributed by atoms with van der Waals surface area (Å²) in [6, 6.07) is 13.8. The van der Waals surface area contributed by atoms with Crippen molar-refractivity contribution in [2.45, 2.75) is 13.5 Å². The van der Waals surface area contributed by atoms with E-state index in [1.54, 1.807) is 28.0 Å². The van der Waals surface area contributed by atoms with Gasteiger partial charge >= 0.3 is 5.91 Å². The van der Waals surface area contributed by atoms with Crippen molar-refractivity contribution in [2.24, 2.45) is 0 Å². The third-order valence-corrected chi connectivity index (χ3v) is 5.75. The highest BCUT2D eigenvalue weighted by Gasteiger charge is 2.38. The molecular formula is C21H24ClN3O2+2. The van der Waals surface area contributed by atoms with Crippen LogP contribution in [0.3, 0.4) is 0 Å². The molecule has 27 heavy (non-hydrogen) atoms. The average Bonchev–Trinajstić information content (AvgIpc) is 2.88. The average molecular weight is 386 g/mol. The highest BCUT2D eigenvalue weighted by atomic mass is 35.5.